The van der Waals surface area contributed by atoms with Gasteiger partial charge in [0.25, 0.3) is 0 Å². The molecule has 0 spiro atoms. The molecule has 0 atom stereocenters. The molecule has 0 unspecified atom stereocenters. The smallest absolute Gasteiger partial charge is 0.103 e. The third-order valence-corrected chi connectivity index (χ3v) is 9.31. The van der Waals surface area contributed by atoms with Crippen LogP contribution in [0.1, 0.15) is 32.6 Å². The number of ether oxygens (including phenoxy) is 1. The molecule has 8 nitrogen and oxygen atoms in total. The van der Waals surface area contributed by atoms with E-state index in [-0.39, 0.29) is 23.1 Å². The first-order chi connectivity index (χ1) is 16.4. The van der Waals surface area contributed by atoms with Gasteiger partial charge in [0.15, 0.2) is 0 Å². The highest BCUT2D eigenvalue weighted by Crippen LogP contribution is 2.64. The quantitative estimate of drug-likeness (QED) is 0.602. The Morgan fingerprint density at radius 3 is 2.53 bits per heavy atom. The average Bonchev–Trinajstić information content (AvgIpc) is 3.58. The number of aliphatic hydroxyl groups excluding tert-OH is 1. The fourth-order valence-corrected chi connectivity index (χ4v) is 7.19. The second kappa shape index (κ2) is 7.20. The highest BCUT2D eigenvalue weighted by Gasteiger charge is 2.61. The maximum atomic E-state index is 9.76. The van der Waals surface area contributed by atoms with Crippen LogP contribution in [0, 0.1) is 5.41 Å². The van der Waals surface area contributed by atoms with Crippen molar-refractivity contribution in [1.29, 1.82) is 0 Å². The summed E-state index contributed by atoms with van der Waals surface area (Å²) in [5.41, 5.74) is 3.47. The lowest BCUT2D eigenvalue weighted by Gasteiger charge is -2.50. The van der Waals surface area contributed by atoms with Crippen molar-refractivity contribution in [3.63, 3.8) is 0 Å². The van der Waals surface area contributed by atoms with Crippen molar-refractivity contribution < 1.29 is 9.84 Å². The van der Waals surface area contributed by atoms with Crippen LogP contribution in [0.5, 0.6) is 0 Å². The lowest BCUT2D eigenvalue weighted by atomic mass is 9.65. The molecule has 5 aliphatic rings. The van der Waals surface area contributed by atoms with E-state index < -0.39 is 0 Å². The summed E-state index contributed by atoms with van der Waals surface area (Å²) < 4.78 is 9.57. The molecule has 2 aliphatic heterocycles. The molecular weight excluding hydrogens is 452 g/mol. The van der Waals surface area contributed by atoms with Crippen LogP contribution in [-0.2, 0) is 10.3 Å². The Hall–Kier alpha value is -2.13. The second-order valence-electron chi connectivity index (χ2n) is 11.3. The summed E-state index contributed by atoms with van der Waals surface area (Å²) in [7, 11) is 0. The van der Waals surface area contributed by atoms with Gasteiger partial charge in [0, 0.05) is 38.2 Å². The van der Waals surface area contributed by atoms with Crippen molar-refractivity contribution in [3.8, 4) is 5.69 Å². The van der Waals surface area contributed by atoms with Crippen molar-refractivity contribution in [1.82, 2.24) is 24.5 Å². The number of piperazine rings is 1. The molecule has 0 radical (unpaired) electrons. The molecular formula is C25H31ClN6O2. The summed E-state index contributed by atoms with van der Waals surface area (Å²) in [6.07, 6.45) is 10.1. The highest BCUT2D eigenvalue weighted by atomic mass is 35.5. The van der Waals surface area contributed by atoms with E-state index >= 15 is 0 Å². The van der Waals surface area contributed by atoms with Gasteiger partial charge in [-0.25, -0.2) is 4.68 Å². The number of fused-ring (bicyclic) bond motifs is 2. The van der Waals surface area contributed by atoms with Crippen molar-refractivity contribution in [2.45, 2.75) is 43.7 Å². The van der Waals surface area contributed by atoms with Crippen LogP contribution in [-0.4, -0.2) is 81.1 Å². The molecule has 5 fully saturated rings. The molecule has 8 rings (SSSR count). The monoisotopic (exact) mass is 482 g/mol. The topological polar surface area (TPSA) is 71.6 Å². The summed E-state index contributed by atoms with van der Waals surface area (Å²) in [6, 6.07) is 4.21. The van der Waals surface area contributed by atoms with Crippen LogP contribution < -0.4 is 4.90 Å². The van der Waals surface area contributed by atoms with Crippen LogP contribution in [0.25, 0.3) is 16.6 Å². The minimum absolute atomic E-state index is 0.0696. The predicted octanol–water partition coefficient (Wildman–Crippen LogP) is 3.05. The van der Waals surface area contributed by atoms with Gasteiger partial charge >= 0.3 is 0 Å². The molecule has 180 valence electrons. The van der Waals surface area contributed by atoms with Crippen LogP contribution in [0.2, 0.25) is 5.02 Å². The van der Waals surface area contributed by atoms with E-state index in [2.05, 4.69) is 38.8 Å². The molecule has 2 bridgehead atoms. The van der Waals surface area contributed by atoms with Crippen molar-refractivity contribution >= 4 is 28.2 Å². The zero-order valence-electron chi connectivity index (χ0n) is 19.6. The molecule has 0 amide bonds. The normalized spacial score (nSPS) is 30.5. The summed E-state index contributed by atoms with van der Waals surface area (Å²) in [6.45, 7) is 8.16. The Labute approximate surface area is 204 Å². The number of rotatable bonds is 5. The molecule has 34 heavy (non-hydrogen) atoms. The van der Waals surface area contributed by atoms with Crippen LogP contribution >= 0.6 is 11.6 Å². The lowest BCUT2D eigenvalue weighted by molar-refractivity contribution is -0.131. The van der Waals surface area contributed by atoms with Gasteiger partial charge in [-0.15, -0.1) is 0 Å². The molecule has 9 heteroatoms. The summed E-state index contributed by atoms with van der Waals surface area (Å²) >= 11 is 6.75. The maximum Gasteiger partial charge on any atom is 0.103 e. The molecule has 3 aromatic rings. The van der Waals surface area contributed by atoms with E-state index in [0.717, 1.165) is 92.4 Å². The third-order valence-electron chi connectivity index (χ3n) is 9.01. The standard InChI is InChI=1S/C25H31ClN6O2/c1-23(16-34-17-23)30-6-4-29(5-7-30)22-9-21-18(8-20(22)26)10-28-32(21)19-11-27-31(12-19)25-3-2-24(13-25,14-25)15-33/h8-12,33H,2-7,13-17H2,1H3. The molecule has 3 saturated carbocycles. The average molecular weight is 483 g/mol. The molecule has 4 heterocycles. The number of nitrogens with zero attached hydrogens (tertiary/aromatic N) is 6. The highest BCUT2D eigenvalue weighted by molar-refractivity contribution is 6.34. The third kappa shape index (κ3) is 2.95. The second-order valence-corrected chi connectivity index (χ2v) is 11.7. The molecule has 2 saturated heterocycles. The van der Waals surface area contributed by atoms with Gasteiger partial charge in [-0.2, -0.15) is 10.2 Å². The van der Waals surface area contributed by atoms with Gasteiger partial charge in [-0.1, -0.05) is 11.6 Å². The maximum absolute atomic E-state index is 9.76. The van der Waals surface area contributed by atoms with Gasteiger partial charge < -0.3 is 14.7 Å². The fraction of sp³-hybridized carbons (Fsp3) is 0.600. The van der Waals surface area contributed by atoms with Crippen molar-refractivity contribution in [2.75, 3.05) is 50.9 Å². The van der Waals surface area contributed by atoms with Crippen molar-refractivity contribution in [3.05, 3.63) is 35.7 Å². The van der Waals surface area contributed by atoms with E-state index in [4.69, 9.17) is 21.4 Å². The molecule has 1 aromatic carbocycles. The SMILES string of the molecule is CC1(N2CCN(c3cc4c(cnn4-c4cnn(C56CCC(CO)(C5)C6)c4)cc3Cl)CC2)COC1. The summed E-state index contributed by atoms with van der Waals surface area (Å²) in [5.74, 6) is 0. The molecule has 1 N–H and O–H groups in total. The largest absolute Gasteiger partial charge is 0.396 e. The van der Waals surface area contributed by atoms with Crippen molar-refractivity contribution in [2.24, 2.45) is 5.41 Å². The number of benzene rings is 1. The van der Waals surface area contributed by atoms with Gasteiger partial charge in [-0.05, 0) is 50.2 Å². The predicted molar refractivity (Wildman–Crippen MR) is 131 cm³/mol. The zero-order valence-corrected chi connectivity index (χ0v) is 20.3. The fourth-order valence-electron chi connectivity index (χ4n) is 6.90. The van der Waals surface area contributed by atoms with Gasteiger partial charge in [0.05, 0.1) is 59.1 Å². The Morgan fingerprint density at radius 1 is 1.06 bits per heavy atom. The Morgan fingerprint density at radius 2 is 1.85 bits per heavy atom. The van der Waals surface area contributed by atoms with E-state index in [1.54, 1.807) is 0 Å². The first kappa shape index (κ1) is 21.2. The van der Waals surface area contributed by atoms with Gasteiger partial charge in [-0.3, -0.25) is 9.58 Å². The van der Waals surface area contributed by atoms with Gasteiger partial charge in [0.1, 0.15) is 5.69 Å². The lowest BCUT2D eigenvalue weighted by Crippen LogP contribution is -2.64. The van der Waals surface area contributed by atoms with E-state index in [9.17, 15) is 5.11 Å². The van der Waals surface area contributed by atoms with Crippen LogP contribution in [0.4, 0.5) is 5.69 Å². The summed E-state index contributed by atoms with van der Waals surface area (Å²) in [4.78, 5) is 4.94. The zero-order chi connectivity index (χ0) is 23.1. The van der Waals surface area contributed by atoms with E-state index in [1.165, 1.54) is 0 Å². The number of aromatic nitrogens is 4. The molecule has 2 aromatic heterocycles. The minimum Gasteiger partial charge on any atom is -0.396 e. The van der Waals surface area contributed by atoms with Crippen LogP contribution in [0.15, 0.2) is 30.7 Å². The minimum atomic E-state index is 0.0696. The van der Waals surface area contributed by atoms with E-state index in [0.29, 0.717) is 0 Å². The number of hydrogen-bond acceptors (Lipinski definition) is 6. The van der Waals surface area contributed by atoms with E-state index in [1.807, 2.05) is 23.1 Å². The number of halogens is 1. The first-order valence-electron chi connectivity index (χ1n) is 12.3. The van der Waals surface area contributed by atoms with Crippen LogP contribution in [0.3, 0.4) is 0 Å². The molecule has 3 aliphatic carbocycles. The Balaban J connectivity index is 1.16. The van der Waals surface area contributed by atoms with Gasteiger partial charge in [0.2, 0.25) is 0 Å². The Bertz CT molecular complexity index is 1250. The Kier molecular flexibility index (Phi) is 4.48. The number of aliphatic hydroxyl groups is 1. The first-order valence-corrected chi connectivity index (χ1v) is 12.7. The number of anilines is 1. The summed E-state index contributed by atoms with van der Waals surface area (Å²) in [5, 5.41) is 21.0. The number of hydrogen-bond donors (Lipinski definition) is 1.